The molecule has 0 spiro atoms. The van der Waals surface area contributed by atoms with Crippen LogP contribution in [0.2, 0.25) is 0 Å². The zero-order valence-electron chi connectivity index (χ0n) is 10.5. The Bertz CT molecular complexity index is 348. The van der Waals surface area contributed by atoms with Crippen molar-refractivity contribution in [2.24, 2.45) is 5.92 Å². The predicted octanol–water partition coefficient (Wildman–Crippen LogP) is 3.28. The monoisotopic (exact) mass is 296 g/mol. The summed E-state index contributed by atoms with van der Waals surface area (Å²) in [4.78, 5) is 2.35. The van der Waals surface area contributed by atoms with Crippen molar-refractivity contribution in [3.05, 3.63) is 28.7 Å². The van der Waals surface area contributed by atoms with Gasteiger partial charge in [0.05, 0.1) is 0 Å². The number of anilines is 1. The Hall–Kier alpha value is -0.540. The van der Waals surface area contributed by atoms with Crippen molar-refractivity contribution in [3.8, 4) is 0 Å². The van der Waals surface area contributed by atoms with Crippen molar-refractivity contribution in [2.45, 2.75) is 19.3 Å². The van der Waals surface area contributed by atoms with Gasteiger partial charge in [0.2, 0.25) is 0 Å². The summed E-state index contributed by atoms with van der Waals surface area (Å²) >= 11 is 3.52. The zero-order chi connectivity index (χ0) is 12.1. The molecule has 1 fully saturated rings. The van der Waals surface area contributed by atoms with Crippen molar-refractivity contribution in [1.29, 1.82) is 0 Å². The van der Waals surface area contributed by atoms with Gasteiger partial charge in [0.25, 0.3) is 0 Å². The lowest BCUT2D eigenvalue weighted by Gasteiger charge is -2.26. The van der Waals surface area contributed by atoms with Crippen LogP contribution in [0.5, 0.6) is 0 Å². The molecule has 0 bridgehead atoms. The van der Waals surface area contributed by atoms with Crippen LogP contribution in [0, 0.1) is 5.92 Å². The van der Waals surface area contributed by atoms with Crippen molar-refractivity contribution in [1.82, 2.24) is 5.32 Å². The molecule has 1 aromatic carbocycles. The van der Waals surface area contributed by atoms with Gasteiger partial charge < -0.3 is 10.2 Å². The summed E-state index contributed by atoms with van der Waals surface area (Å²) in [6, 6.07) is 8.53. The molecule has 94 valence electrons. The van der Waals surface area contributed by atoms with Gasteiger partial charge in [-0.1, -0.05) is 22.0 Å². The lowest BCUT2D eigenvalue weighted by atomic mass is 9.94. The van der Waals surface area contributed by atoms with E-state index in [0.29, 0.717) is 0 Å². The molecule has 0 aromatic heterocycles. The summed E-state index contributed by atoms with van der Waals surface area (Å²) in [6.07, 6.45) is 3.99. The Kier molecular flexibility index (Phi) is 4.86. The average Bonchev–Trinajstić information content (AvgIpc) is 2.37. The minimum atomic E-state index is 0.908. The topological polar surface area (TPSA) is 15.3 Å². The van der Waals surface area contributed by atoms with E-state index < -0.39 is 0 Å². The molecule has 0 aliphatic carbocycles. The first kappa shape index (κ1) is 12.9. The van der Waals surface area contributed by atoms with E-state index in [1.54, 1.807) is 0 Å². The smallest absolute Gasteiger partial charge is 0.0374 e. The predicted molar refractivity (Wildman–Crippen MR) is 77.6 cm³/mol. The number of hydrogen-bond donors (Lipinski definition) is 1. The molecular weight excluding hydrogens is 276 g/mol. The molecule has 0 amide bonds. The average molecular weight is 297 g/mol. The van der Waals surface area contributed by atoms with Gasteiger partial charge in [0, 0.05) is 23.8 Å². The van der Waals surface area contributed by atoms with Crippen LogP contribution >= 0.6 is 15.9 Å². The minimum absolute atomic E-state index is 0.908. The molecule has 2 rings (SSSR count). The molecule has 0 radical (unpaired) electrons. The van der Waals surface area contributed by atoms with E-state index in [2.05, 4.69) is 57.5 Å². The van der Waals surface area contributed by atoms with E-state index in [0.717, 1.165) is 16.9 Å². The molecule has 1 saturated heterocycles. The first-order valence-corrected chi connectivity index (χ1v) is 7.22. The fraction of sp³-hybridized carbons (Fsp3) is 0.571. The fourth-order valence-electron chi connectivity index (χ4n) is 2.39. The normalized spacial score (nSPS) is 17.1. The van der Waals surface area contributed by atoms with Crippen LogP contribution in [0.25, 0.3) is 0 Å². The first-order valence-electron chi connectivity index (χ1n) is 6.43. The third-order valence-electron chi connectivity index (χ3n) is 3.58. The highest BCUT2D eigenvalue weighted by atomic mass is 79.9. The number of piperidine rings is 1. The standard InChI is InChI=1S/C14H21BrN2/c1-17(14-4-2-3-13(15)11-14)10-7-12-5-8-16-9-6-12/h2-4,11-12,16H,5-10H2,1H3. The lowest BCUT2D eigenvalue weighted by molar-refractivity contribution is 0.356. The van der Waals surface area contributed by atoms with Gasteiger partial charge in [-0.15, -0.1) is 0 Å². The van der Waals surface area contributed by atoms with Crippen LogP contribution < -0.4 is 10.2 Å². The lowest BCUT2D eigenvalue weighted by Crippen LogP contribution is -2.30. The molecule has 1 aliphatic heterocycles. The van der Waals surface area contributed by atoms with E-state index >= 15 is 0 Å². The molecule has 0 atom stereocenters. The summed E-state index contributed by atoms with van der Waals surface area (Å²) in [6.45, 7) is 3.55. The largest absolute Gasteiger partial charge is 0.375 e. The van der Waals surface area contributed by atoms with Gasteiger partial charge >= 0.3 is 0 Å². The molecule has 1 heterocycles. The number of nitrogens with zero attached hydrogens (tertiary/aromatic N) is 1. The number of benzene rings is 1. The van der Waals surface area contributed by atoms with Crippen LogP contribution in [0.1, 0.15) is 19.3 Å². The van der Waals surface area contributed by atoms with Crippen LogP contribution in [-0.4, -0.2) is 26.7 Å². The molecule has 0 saturated carbocycles. The van der Waals surface area contributed by atoms with E-state index in [1.165, 1.54) is 38.0 Å². The van der Waals surface area contributed by atoms with Crippen molar-refractivity contribution in [2.75, 3.05) is 31.6 Å². The maximum atomic E-state index is 3.52. The zero-order valence-corrected chi connectivity index (χ0v) is 12.0. The molecule has 1 N–H and O–H groups in total. The van der Waals surface area contributed by atoms with Crippen molar-refractivity contribution >= 4 is 21.6 Å². The number of rotatable bonds is 4. The molecule has 3 heteroatoms. The summed E-state index contributed by atoms with van der Waals surface area (Å²) in [5, 5.41) is 3.42. The van der Waals surface area contributed by atoms with Gasteiger partial charge in [0.1, 0.15) is 0 Å². The number of hydrogen-bond acceptors (Lipinski definition) is 2. The Morgan fingerprint density at radius 1 is 1.35 bits per heavy atom. The van der Waals surface area contributed by atoms with Crippen LogP contribution in [-0.2, 0) is 0 Å². The third-order valence-corrected chi connectivity index (χ3v) is 4.07. The molecule has 1 aliphatic rings. The highest BCUT2D eigenvalue weighted by Gasteiger charge is 2.13. The van der Waals surface area contributed by atoms with Gasteiger partial charge in [-0.3, -0.25) is 0 Å². The van der Waals surface area contributed by atoms with Crippen LogP contribution in [0.4, 0.5) is 5.69 Å². The van der Waals surface area contributed by atoms with Gasteiger partial charge in [-0.2, -0.15) is 0 Å². The maximum absolute atomic E-state index is 3.52. The molecule has 2 nitrogen and oxygen atoms in total. The van der Waals surface area contributed by atoms with E-state index in [9.17, 15) is 0 Å². The summed E-state index contributed by atoms with van der Waals surface area (Å²) in [7, 11) is 2.18. The molecule has 1 aromatic rings. The molecular formula is C14H21BrN2. The highest BCUT2D eigenvalue weighted by Crippen LogP contribution is 2.21. The van der Waals surface area contributed by atoms with Crippen molar-refractivity contribution in [3.63, 3.8) is 0 Å². The molecule has 0 unspecified atom stereocenters. The molecule has 17 heavy (non-hydrogen) atoms. The van der Waals surface area contributed by atoms with Crippen molar-refractivity contribution < 1.29 is 0 Å². The fourth-order valence-corrected chi connectivity index (χ4v) is 2.78. The quantitative estimate of drug-likeness (QED) is 0.917. The number of halogens is 1. The second kappa shape index (κ2) is 6.41. The third kappa shape index (κ3) is 4.00. The highest BCUT2D eigenvalue weighted by molar-refractivity contribution is 9.10. The van der Waals surface area contributed by atoms with Gasteiger partial charge in [-0.05, 0) is 56.5 Å². The summed E-state index contributed by atoms with van der Waals surface area (Å²) < 4.78 is 1.16. The Morgan fingerprint density at radius 3 is 2.82 bits per heavy atom. The Morgan fingerprint density at radius 2 is 2.12 bits per heavy atom. The Labute approximate surface area is 113 Å². The minimum Gasteiger partial charge on any atom is -0.375 e. The second-order valence-electron chi connectivity index (χ2n) is 4.88. The van der Waals surface area contributed by atoms with Crippen LogP contribution in [0.15, 0.2) is 28.7 Å². The SMILES string of the molecule is CN(CCC1CCNCC1)c1cccc(Br)c1. The van der Waals surface area contributed by atoms with E-state index in [-0.39, 0.29) is 0 Å². The summed E-state index contributed by atoms with van der Waals surface area (Å²) in [5.41, 5.74) is 1.30. The summed E-state index contributed by atoms with van der Waals surface area (Å²) in [5.74, 6) is 0.908. The second-order valence-corrected chi connectivity index (χ2v) is 5.80. The van der Waals surface area contributed by atoms with Gasteiger partial charge in [-0.25, -0.2) is 0 Å². The Balaban J connectivity index is 1.82. The number of nitrogens with one attached hydrogen (secondary N) is 1. The first-order chi connectivity index (χ1) is 8.25. The van der Waals surface area contributed by atoms with Gasteiger partial charge in [0.15, 0.2) is 0 Å². The van der Waals surface area contributed by atoms with E-state index in [4.69, 9.17) is 0 Å². The van der Waals surface area contributed by atoms with E-state index in [1.807, 2.05) is 0 Å². The maximum Gasteiger partial charge on any atom is 0.0374 e. The van der Waals surface area contributed by atoms with Crippen LogP contribution in [0.3, 0.4) is 0 Å².